The predicted molar refractivity (Wildman–Crippen MR) is 146 cm³/mol. The molecular formula is C32H42F2O4. The third kappa shape index (κ3) is 8.65. The Bertz CT molecular complexity index is 1010. The Morgan fingerprint density at radius 3 is 2.29 bits per heavy atom. The fourth-order valence-electron chi connectivity index (χ4n) is 5.23. The first-order chi connectivity index (χ1) is 18.2. The largest absolute Gasteiger partial charge is 0.462 e. The van der Waals surface area contributed by atoms with Gasteiger partial charge in [-0.3, -0.25) is 0 Å². The second-order valence-electron chi connectivity index (χ2n) is 10.6. The Morgan fingerprint density at radius 2 is 1.71 bits per heavy atom. The van der Waals surface area contributed by atoms with Crippen molar-refractivity contribution in [3.63, 3.8) is 0 Å². The summed E-state index contributed by atoms with van der Waals surface area (Å²) in [5.41, 5.74) is 2.00. The van der Waals surface area contributed by atoms with E-state index in [2.05, 4.69) is 13.5 Å². The third-order valence-corrected chi connectivity index (χ3v) is 7.62. The van der Waals surface area contributed by atoms with E-state index in [1.807, 2.05) is 12.1 Å². The smallest absolute Gasteiger partial charge is 0.426 e. The van der Waals surface area contributed by atoms with E-state index in [9.17, 15) is 18.7 Å². The monoisotopic (exact) mass is 528 g/mol. The van der Waals surface area contributed by atoms with E-state index in [0.717, 1.165) is 29.9 Å². The maximum Gasteiger partial charge on any atom is 0.426 e. The molecule has 0 saturated heterocycles. The molecular weight excluding hydrogens is 486 g/mol. The van der Waals surface area contributed by atoms with Crippen LogP contribution < -0.4 is 4.74 Å². The molecule has 0 spiro atoms. The third-order valence-electron chi connectivity index (χ3n) is 7.62. The standard InChI is InChI=1S/C32H42F2O4/c1-4-5-6-7-24-8-10-25(11-9-24)26-12-16-29(17-13-26)32(33,34)38-30-18-14-27(15-19-30)28(20-21-35)22-37-31(36)23(2)3/h12-19,24-25,28,35H,2,4-11,20-22H2,1,3H3. The molecule has 0 heterocycles. The van der Waals surface area contributed by atoms with Crippen LogP contribution in [0.1, 0.15) is 100 Å². The summed E-state index contributed by atoms with van der Waals surface area (Å²) in [6.07, 6.45) is 6.77. The van der Waals surface area contributed by atoms with Gasteiger partial charge in [0.05, 0.1) is 12.2 Å². The average molecular weight is 529 g/mol. The molecule has 0 radical (unpaired) electrons. The highest BCUT2D eigenvalue weighted by molar-refractivity contribution is 5.86. The average Bonchev–Trinajstić information content (AvgIpc) is 2.92. The van der Waals surface area contributed by atoms with Crippen LogP contribution in [0.2, 0.25) is 0 Å². The summed E-state index contributed by atoms with van der Waals surface area (Å²) < 4.78 is 40.2. The van der Waals surface area contributed by atoms with Crippen LogP contribution in [0.15, 0.2) is 60.7 Å². The van der Waals surface area contributed by atoms with Gasteiger partial charge in [0, 0.05) is 18.1 Å². The van der Waals surface area contributed by atoms with Gasteiger partial charge in [0.25, 0.3) is 0 Å². The number of hydrogen-bond donors (Lipinski definition) is 1. The van der Waals surface area contributed by atoms with Gasteiger partial charge in [0.1, 0.15) is 5.75 Å². The lowest BCUT2D eigenvalue weighted by molar-refractivity contribution is -0.185. The Balaban J connectivity index is 1.57. The molecule has 4 nitrogen and oxygen atoms in total. The molecule has 1 saturated carbocycles. The van der Waals surface area contributed by atoms with Crippen molar-refractivity contribution < 1.29 is 28.2 Å². The molecule has 1 aliphatic carbocycles. The van der Waals surface area contributed by atoms with Gasteiger partial charge in [-0.2, -0.15) is 8.78 Å². The van der Waals surface area contributed by atoms with E-state index >= 15 is 0 Å². The maximum atomic E-state index is 15.0. The van der Waals surface area contributed by atoms with E-state index in [1.54, 1.807) is 19.1 Å². The molecule has 3 rings (SSSR count). The summed E-state index contributed by atoms with van der Waals surface area (Å²) in [6, 6.07) is 12.9. The minimum atomic E-state index is -3.47. The number of aliphatic hydroxyl groups is 1. The van der Waals surface area contributed by atoms with Crippen LogP contribution in [0, 0.1) is 5.92 Å². The van der Waals surface area contributed by atoms with Crippen molar-refractivity contribution >= 4 is 5.97 Å². The van der Waals surface area contributed by atoms with Crippen LogP contribution in [0.3, 0.4) is 0 Å². The van der Waals surface area contributed by atoms with Crippen LogP contribution in [-0.2, 0) is 15.6 Å². The number of esters is 1. The topological polar surface area (TPSA) is 55.8 Å². The van der Waals surface area contributed by atoms with Crippen molar-refractivity contribution in [2.45, 2.75) is 89.6 Å². The quantitative estimate of drug-likeness (QED) is 0.152. The number of benzene rings is 2. The van der Waals surface area contributed by atoms with Gasteiger partial charge in [0.15, 0.2) is 0 Å². The molecule has 0 bridgehead atoms. The molecule has 2 aromatic rings. The van der Waals surface area contributed by atoms with Crippen LogP contribution >= 0.6 is 0 Å². The molecule has 2 aromatic carbocycles. The number of alkyl halides is 2. The molecule has 38 heavy (non-hydrogen) atoms. The normalized spacial score (nSPS) is 18.6. The van der Waals surface area contributed by atoms with Gasteiger partial charge in [-0.05, 0) is 86.3 Å². The minimum absolute atomic E-state index is 0.0332. The molecule has 0 aromatic heterocycles. The Morgan fingerprint density at radius 1 is 1.05 bits per heavy atom. The van der Waals surface area contributed by atoms with Gasteiger partial charge in [-0.25, -0.2) is 4.79 Å². The molecule has 1 fully saturated rings. The number of unbranched alkanes of at least 4 members (excludes halogenated alkanes) is 2. The number of halogens is 2. The first-order valence-corrected chi connectivity index (χ1v) is 13.9. The highest BCUT2D eigenvalue weighted by atomic mass is 19.3. The number of ether oxygens (including phenoxy) is 2. The van der Waals surface area contributed by atoms with Crippen molar-refractivity contribution in [3.8, 4) is 5.75 Å². The van der Waals surface area contributed by atoms with Gasteiger partial charge in [-0.1, -0.05) is 63.5 Å². The maximum absolute atomic E-state index is 15.0. The summed E-state index contributed by atoms with van der Waals surface area (Å²) in [5.74, 6) is 0.512. The van der Waals surface area contributed by atoms with Gasteiger partial charge in [0.2, 0.25) is 0 Å². The fraction of sp³-hybridized carbons (Fsp3) is 0.531. The number of hydrogen-bond acceptors (Lipinski definition) is 4. The molecule has 208 valence electrons. The van der Waals surface area contributed by atoms with Crippen molar-refractivity contribution in [1.29, 1.82) is 0 Å². The lowest BCUT2D eigenvalue weighted by atomic mass is 9.77. The highest BCUT2D eigenvalue weighted by Crippen LogP contribution is 2.39. The van der Waals surface area contributed by atoms with E-state index < -0.39 is 12.1 Å². The summed E-state index contributed by atoms with van der Waals surface area (Å²) in [5, 5.41) is 9.38. The number of carbonyl (C=O) groups excluding carboxylic acids is 1. The van der Waals surface area contributed by atoms with Crippen LogP contribution in [0.25, 0.3) is 0 Å². The van der Waals surface area contributed by atoms with Gasteiger partial charge >= 0.3 is 12.1 Å². The van der Waals surface area contributed by atoms with Crippen molar-refractivity contribution in [2.24, 2.45) is 5.92 Å². The lowest BCUT2D eigenvalue weighted by Gasteiger charge is -2.29. The lowest BCUT2D eigenvalue weighted by Crippen LogP contribution is -2.22. The molecule has 0 aliphatic heterocycles. The number of rotatable bonds is 14. The second kappa shape index (κ2) is 14.4. The second-order valence-corrected chi connectivity index (χ2v) is 10.6. The summed E-state index contributed by atoms with van der Waals surface area (Å²) in [7, 11) is 0. The van der Waals surface area contributed by atoms with Gasteiger partial charge < -0.3 is 14.6 Å². The number of carbonyl (C=O) groups is 1. The molecule has 6 heteroatoms. The zero-order valence-corrected chi connectivity index (χ0v) is 22.8. The number of aliphatic hydroxyl groups excluding tert-OH is 1. The van der Waals surface area contributed by atoms with Gasteiger partial charge in [-0.15, -0.1) is 0 Å². The Hall–Kier alpha value is -2.73. The van der Waals surface area contributed by atoms with Crippen LogP contribution in [0.5, 0.6) is 5.75 Å². The zero-order chi connectivity index (χ0) is 27.5. The molecule has 1 atom stereocenters. The Kier molecular flexibility index (Phi) is 11.3. The minimum Gasteiger partial charge on any atom is -0.462 e. The first kappa shape index (κ1) is 29.8. The molecule has 1 N–H and O–H groups in total. The predicted octanol–water partition coefficient (Wildman–Crippen LogP) is 8.25. The van der Waals surface area contributed by atoms with Crippen LogP contribution in [-0.4, -0.2) is 24.3 Å². The highest BCUT2D eigenvalue weighted by Gasteiger charge is 2.35. The summed E-state index contributed by atoms with van der Waals surface area (Å²) >= 11 is 0. The summed E-state index contributed by atoms with van der Waals surface area (Å²) in [6.45, 7) is 7.31. The summed E-state index contributed by atoms with van der Waals surface area (Å²) in [4.78, 5) is 11.7. The van der Waals surface area contributed by atoms with Crippen molar-refractivity contribution in [1.82, 2.24) is 0 Å². The fourth-order valence-corrected chi connectivity index (χ4v) is 5.23. The molecule has 1 aliphatic rings. The van der Waals surface area contributed by atoms with Crippen molar-refractivity contribution in [2.75, 3.05) is 13.2 Å². The van der Waals surface area contributed by atoms with E-state index in [0.29, 0.717) is 12.3 Å². The SMILES string of the molecule is C=C(C)C(=O)OCC(CCO)c1ccc(OC(F)(F)c2ccc(C3CCC(CCCCC)CC3)cc2)cc1. The van der Waals surface area contributed by atoms with E-state index in [1.165, 1.54) is 62.8 Å². The molecule has 0 amide bonds. The zero-order valence-electron chi connectivity index (χ0n) is 22.8. The Labute approximate surface area is 226 Å². The van der Waals surface area contributed by atoms with Crippen molar-refractivity contribution in [3.05, 3.63) is 77.4 Å². The van der Waals surface area contributed by atoms with Crippen LogP contribution in [0.4, 0.5) is 8.78 Å². The van der Waals surface area contributed by atoms with E-state index in [-0.39, 0.29) is 36.0 Å². The van der Waals surface area contributed by atoms with E-state index in [4.69, 9.17) is 9.47 Å². The molecule has 1 unspecified atom stereocenters. The first-order valence-electron chi connectivity index (χ1n) is 13.9.